The molecular weight excluding hydrogens is 260 g/mol. The van der Waals surface area contributed by atoms with Gasteiger partial charge in [0.1, 0.15) is 5.75 Å². The molecule has 1 atom stereocenters. The molecule has 1 aromatic carbocycles. The monoisotopic (exact) mass is 288 g/mol. The number of hydrogen-bond acceptors (Lipinski definition) is 3. The fourth-order valence-corrected chi connectivity index (χ4v) is 4.02. The fourth-order valence-electron chi connectivity index (χ4n) is 4.02. The highest BCUT2D eigenvalue weighted by molar-refractivity contribution is 5.42. The van der Waals surface area contributed by atoms with Gasteiger partial charge in [0.25, 0.3) is 0 Å². The Morgan fingerprint density at radius 1 is 1.14 bits per heavy atom. The third-order valence-electron chi connectivity index (χ3n) is 5.26. The second kappa shape index (κ2) is 6.37. The number of nitrogens with one attached hydrogen (secondary N) is 1. The van der Waals surface area contributed by atoms with Crippen molar-refractivity contribution in [2.24, 2.45) is 5.92 Å². The van der Waals surface area contributed by atoms with E-state index in [-0.39, 0.29) is 0 Å². The van der Waals surface area contributed by atoms with Gasteiger partial charge >= 0.3 is 0 Å². The summed E-state index contributed by atoms with van der Waals surface area (Å²) in [6, 6.07) is 5.05. The van der Waals surface area contributed by atoms with Crippen molar-refractivity contribution < 1.29 is 5.11 Å². The van der Waals surface area contributed by atoms with Crippen molar-refractivity contribution in [3.63, 3.8) is 0 Å². The molecule has 0 spiro atoms. The van der Waals surface area contributed by atoms with Gasteiger partial charge in [-0.3, -0.25) is 4.90 Å². The normalized spacial score (nSPS) is 24.6. The minimum Gasteiger partial charge on any atom is -0.507 e. The maximum Gasteiger partial charge on any atom is 0.121 e. The molecule has 0 bridgehead atoms. The molecule has 2 fully saturated rings. The summed E-state index contributed by atoms with van der Waals surface area (Å²) in [5.74, 6) is 1.33. The summed E-state index contributed by atoms with van der Waals surface area (Å²) < 4.78 is 0. The average molecular weight is 288 g/mol. The van der Waals surface area contributed by atoms with Gasteiger partial charge in [0.05, 0.1) is 0 Å². The third kappa shape index (κ3) is 3.41. The predicted octanol–water partition coefficient (Wildman–Crippen LogP) is 2.97. The smallest absolute Gasteiger partial charge is 0.121 e. The first-order chi connectivity index (χ1) is 10.1. The first-order valence-corrected chi connectivity index (χ1v) is 8.38. The fraction of sp³-hybridized carbons (Fsp3) is 0.667. The van der Waals surface area contributed by atoms with Crippen LogP contribution in [-0.4, -0.2) is 35.7 Å². The van der Waals surface area contributed by atoms with Crippen molar-refractivity contribution >= 4 is 0 Å². The second-order valence-electron chi connectivity index (χ2n) is 6.89. The van der Waals surface area contributed by atoms with Crippen molar-refractivity contribution in [2.75, 3.05) is 19.6 Å². The molecule has 116 valence electrons. The number of aryl methyl sites for hydroxylation is 2. The Morgan fingerprint density at radius 3 is 2.38 bits per heavy atom. The van der Waals surface area contributed by atoms with Crippen molar-refractivity contribution in [1.82, 2.24) is 10.2 Å². The van der Waals surface area contributed by atoms with E-state index in [0.29, 0.717) is 5.75 Å². The van der Waals surface area contributed by atoms with Gasteiger partial charge in [0, 0.05) is 12.6 Å². The van der Waals surface area contributed by atoms with Crippen molar-refractivity contribution in [2.45, 2.75) is 52.1 Å². The number of nitrogens with zero attached hydrogens (tertiary/aromatic N) is 1. The highest BCUT2D eigenvalue weighted by Crippen LogP contribution is 2.28. The molecule has 0 aromatic heterocycles. The Labute approximate surface area is 128 Å². The molecule has 0 saturated carbocycles. The Hall–Kier alpha value is -1.06. The number of aromatic hydroxyl groups is 1. The molecule has 0 aliphatic carbocycles. The van der Waals surface area contributed by atoms with Crippen LogP contribution in [-0.2, 0) is 6.54 Å². The number of rotatable bonds is 3. The van der Waals surface area contributed by atoms with Crippen LogP contribution in [0.15, 0.2) is 12.1 Å². The Balaban J connectivity index is 1.55. The van der Waals surface area contributed by atoms with Crippen molar-refractivity contribution in [3.8, 4) is 5.75 Å². The first kappa shape index (κ1) is 14.9. The summed E-state index contributed by atoms with van der Waals surface area (Å²) in [6.45, 7) is 8.64. The van der Waals surface area contributed by atoms with Crippen LogP contribution in [0.25, 0.3) is 0 Å². The number of likely N-dealkylation sites (tertiary alicyclic amines) is 1. The number of hydrogen-bond donors (Lipinski definition) is 2. The molecular formula is C18H28N2O. The zero-order chi connectivity index (χ0) is 14.8. The zero-order valence-corrected chi connectivity index (χ0v) is 13.4. The maximum atomic E-state index is 9.87. The summed E-state index contributed by atoms with van der Waals surface area (Å²) in [5.41, 5.74) is 3.32. The van der Waals surface area contributed by atoms with E-state index in [1.807, 2.05) is 13.8 Å². The van der Waals surface area contributed by atoms with Crippen LogP contribution in [0, 0.1) is 19.8 Å². The van der Waals surface area contributed by atoms with Gasteiger partial charge in [-0.05, 0) is 81.8 Å². The van der Waals surface area contributed by atoms with Crippen molar-refractivity contribution in [1.29, 1.82) is 0 Å². The molecule has 3 heteroatoms. The van der Waals surface area contributed by atoms with E-state index in [1.54, 1.807) is 0 Å². The van der Waals surface area contributed by atoms with Crippen LogP contribution in [0.3, 0.4) is 0 Å². The van der Waals surface area contributed by atoms with Gasteiger partial charge < -0.3 is 10.4 Å². The lowest BCUT2D eigenvalue weighted by molar-refractivity contribution is 0.157. The number of piperidine rings is 1. The lowest BCUT2D eigenvalue weighted by Gasteiger charge is -2.35. The minimum absolute atomic E-state index is 0.449. The quantitative estimate of drug-likeness (QED) is 0.897. The lowest BCUT2D eigenvalue weighted by Crippen LogP contribution is -2.40. The Morgan fingerprint density at radius 2 is 1.81 bits per heavy atom. The standard InChI is InChI=1S/C18H28N2O/c1-13-10-15(11-14(2)18(13)21)12-20-8-5-16(6-9-20)17-4-3-7-19-17/h10-11,16-17,19,21H,3-9,12H2,1-2H3. The van der Waals surface area contributed by atoms with E-state index >= 15 is 0 Å². The highest BCUT2D eigenvalue weighted by atomic mass is 16.3. The molecule has 0 radical (unpaired) electrons. The van der Waals surface area contributed by atoms with Gasteiger partial charge in [-0.1, -0.05) is 12.1 Å². The first-order valence-electron chi connectivity index (χ1n) is 8.38. The molecule has 2 aliphatic heterocycles. The topological polar surface area (TPSA) is 35.5 Å². The van der Waals surface area contributed by atoms with E-state index in [2.05, 4.69) is 22.3 Å². The van der Waals surface area contributed by atoms with Gasteiger partial charge in [0.2, 0.25) is 0 Å². The van der Waals surface area contributed by atoms with Gasteiger partial charge in [-0.15, -0.1) is 0 Å². The molecule has 2 heterocycles. The van der Waals surface area contributed by atoms with Crippen LogP contribution in [0.4, 0.5) is 0 Å². The Bertz CT molecular complexity index is 463. The van der Waals surface area contributed by atoms with Crippen molar-refractivity contribution in [3.05, 3.63) is 28.8 Å². The van der Waals surface area contributed by atoms with E-state index in [9.17, 15) is 5.11 Å². The van der Waals surface area contributed by atoms with Gasteiger partial charge in [0.15, 0.2) is 0 Å². The SMILES string of the molecule is Cc1cc(CN2CCC(C3CCCN3)CC2)cc(C)c1O. The number of phenols is 1. The van der Waals surface area contributed by atoms with E-state index < -0.39 is 0 Å². The predicted molar refractivity (Wildman–Crippen MR) is 86.6 cm³/mol. The molecule has 21 heavy (non-hydrogen) atoms. The summed E-state index contributed by atoms with van der Waals surface area (Å²) in [4.78, 5) is 2.57. The maximum absolute atomic E-state index is 9.87. The largest absolute Gasteiger partial charge is 0.507 e. The summed E-state index contributed by atoms with van der Waals surface area (Å²) in [6.07, 6.45) is 5.39. The lowest BCUT2D eigenvalue weighted by atomic mass is 9.88. The van der Waals surface area contributed by atoms with E-state index in [4.69, 9.17) is 0 Å². The van der Waals surface area contributed by atoms with Gasteiger partial charge in [-0.25, -0.2) is 0 Å². The van der Waals surface area contributed by atoms with Gasteiger partial charge in [-0.2, -0.15) is 0 Å². The van der Waals surface area contributed by atoms with E-state index in [1.165, 1.54) is 50.9 Å². The number of benzene rings is 1. The molecule has 1 unspecified atom stereocenters. The Kier molecular flexibility index (Phi) is 4.51. The average Bonchev–Trinajstić information content (AvgIpc) is 3.00. The van der Waals surface area contributed by atoms with Crippen LogP contribution >= 0.6 is 0 Å². The number of phenolic OH excluding ortho intramolecular Hbond substituents is 1. The van der Waals surface area contributed by atoms with Crippen LogP contribution in [0.5, 0.6) is 5.75 Å². The second-order valence-corrected chi connectivity index (χ2v) is 6.89. The van der Waals surface area contributed by atoms with Crippen LogP contribution in [0.1, 0.15) is 42.4 Å². The highest BCUT2D eigenvalue weighted by Gasteiger charge is 2.28. The van der Waals surface area contributed by atoms with Crippen LogP contribution < -0.4 is 5.32 Å². The summed E-state index contributed by atoms with van der Waals surface area (Å²) in [7, 11) is 0. The van der Waals surface area contributed by atoms with Crippen LogP contribution in [0.2, 0.25) is 0 Å². The van der Waals surface area contributed by atoms with E-state index in [0.717, 1.165) is 29.6 Å². The molecule has 1 aromatic rings. The molecule has 3 rings (SSSR count). The zero-order valence-electron chi connectivity index (χ0n) is 13.4. The summed E-state index contributed by atoms with van der Waals surface area (Å²) in [5, 5.41) is 13.5. The minimum atomic E-state index is 0.449. The molecule has 3 nitrogen and oxygen atoms in total. The summed E-state index contributed by atoms with van der Waals surface area (Å²) >= 11 is 0. The third-order valence-corrected chi connectivity index (χ3v) is 5.26. The molecule has 2 aliphatic rings. The molecule has 2 N–H and O–H groups in total. The molecule has 0 amide bonds. The molecule has 2 saturated heterocycles.